The van der Waals surface area contributed by atoms with Crippen molar-refractivity contribution >= 4 is 11.9 Å². The van der Waals surface area contributed by atoms with Crippen LogP contribution in [-0.2, 0) is 4.79 Å². The molecule has 0 saturated carbocycles. The van der Waals surface area contributed by atoms with Crippen molar-refractivity contribution < 1.29 is 23.1 Å². The number of amides is 3. The van der Waals surface area contributed by atoms with E-state index in [1.165, 1.54) is 23.2 Å². The normalized spacial score (nSPS) is 20.3. The average molecular weight is 361 g/mol. The predicted molar refractivity (Wildman–Crippen MR) is 88.9 cm³/mol. The van der Waals surface area contributed by atoms with Crippen molar-refractivity contribution in [1.82, 2.24) is 15.2 Å². The van der Waals surface area contributed by atoms with Crippen molar-refractivity contribution in [3.05, 3.63) is 53.7 Å². The summed E-state index contributed by atoms with van der Waals surface area (Å²) in [7, 11) is 1.61. The fourth-order valence-electron chi connectivity index (χ4n) is 2.92. The van der Waals surface area contributed by atoms with Gasteiger partial charge in [0.25, 0.3) is 6.43 Å². The van der Waals surface area contributed by atoms with Gasteiger partial charge in [-0.3, -0.25) is 10.1 Å². The van der Waals surface area contributed by atoms with E-state index < -0.39 is 24.4 Å². The van der Waals surface area contributed by atoms with Gasteiger partial charge in [0.1, 0.15) is 5.75 Å². The largest absolute Gasteiger partial charge is 0.439 e. The Morgan fingerprint density at radius 1 is 1.19 bits per heavy atom. The molecule has 0 spiro atoms. The molecule has 136 valence electrons. The van der Waals surface area contributed by atoms with E-state index in [9.17, 15) is 18.4 Å². The van der Waals surface area contributed by atoms with Crippen molar-refractivity contribution in [2.75, 3.05) is 7.05 Å². The number of carbonyl (C=O) groups is 2. The first-order valence-electron chi connectivity index (χ1n) is 7.97. The summed E-state index contributed by atoms with van der Waals surface area (Å²) in [4.78, 5) is 29.0. The van der Waals surface area contributed by atoms with Gasteiger partial charge in [-0.1, -0.05) is 19.1 Å². The van der Waals surface area contributed by atoms with E-state index in [1.54, 1.807) is 38.2 Å². The molecule has 2 aromatic rings. The molecule has 1 aliphatic heterocycles. The van der Waals surface area contributed by atoms with Crippen molar-refractivity contribution in [2.45, 2.75) is 19.4 Å². The van der Waals surface area contributed by atoms with Crippen molar-refractivity contribution in [3.63, 3.8) is 0 Å². The molecule has 1 aromatic carbocycles. The van der Waals surface area contributed by atoms with Crippen LogP contribution in [0, 0.1) is 5.92 Å². The van der Waals surface area contributed by atoms with Gasteiger partial charge in [-0.15, -0.1) is 0 Å². The number of hydrogen-bond donors (Lipinski definition) is 1. The lowest BCUT2D eigenvalue weighted by atomic mass is 9.91. The van der Waals surface area contributed by atoms with E-state index >= 15 is 0 Å². The molecule has 1 fully saturated rings. The molecule has 1 N–H and O–H groups in total. The number of nitrogens with zero attached hydrogens (tertiary/aromatic N) is 2. The second-order valence-electron chi connectivity index (χ2n) is 6.01. The standard InChI is InChI=1S/C18H17F2N3O3/c1-10-14(23(2)18(25)22-16(10)24)11-5-7-12(8-6-11)26-17-13(15(19)20)4-3-9-21-17/h3-10,14-15H,1-2H3,(H,22,24,25). The highest BCUT2D eigenvalue weighted by molar-refractivity contribution is 5.98. The maximum atomic E-state index is 13.0. The highest BCUT2D eigenvalue weighted by Gasteiger charge is 2.37. The zero-order valence-corrected chi connectivity index (χ0v) is 14.1. The minimum Gasteiger partial charge on any atom is -0.439 e. The summed E-state index contributed by atoms with van der Waals surface area (Å²) >= 11 is 0. The van der Waals surface area contributed by atoms with E-state index in [0.717, 1.165) is 5.56 Å². The lowest BCUT2D eigenvalue weighted by molar-refractivity contribution is -0.127. The number of benzene rings is 1. The summed E-state index contributed by atoms with van der Waals surface area (Å²) in [6.07, 6.45) is -1.32. The number of halogens is 2. The van der Waals surface area contributed by atoms with Gasteiger partial charge in [-0.05, 0) is 29.8 Å². The zero-order chi connectivity index (χ0) is 18.8. The number of rotatable bonds is 4. The van der Waals surface area contributed by atoms with Gasteiger partial charge in [0.15, 0.2) is 0 Å². The van der Waals surface area contributed by atoms with Crippen LogP contribution in [0.25, 0.3) is 0 Å². The smallest absolute Gasteiger partial charge is 0.324 e. The van der Waals surface area contributed by atoms with E-state index in [-0.39, 0.29) is 17.4 Å². The highest BCUT2D eigenvalue weighted by atomic mass is 19.3. The fraction of sp³-hybridized carbons (Fsp3) is 0.278. The van der Waals surface area contributed by atoms with Crippen molar-refractivity contribution in [2.24, 2.45) is 5.92 Å². The SMILES string of the molecule is CC1C(=O)NC(=O)N(C)C1c1ccc(Oc2ncccc2C(F)F)cc1. The number of hydrogen-bond acceptors (Lipinski definition) is 4. The summed E-state index contributed by atoms with van der Waals surface area (Å²) in [5.74, 6) is -0.594. The quantitative estimate of drug-likeness (QED) is 0.902. The Hall–Kier alpha value is -3.03. The summed E-state index contributed by atoms with van der Waals surface area (Å²) in [6.45, 7) is 1.73. The average Bonchev–Trinajstić information content (AvgIpc) is 2.62. The lowest BCUT2D eigenvalue weighted by Crippen LogP contribution is -2.53. The summed E-state index contributed by atoms with van der Waals surface area (Å²) in [6, 6.07) is 8.37. The summed E-state index contributed by atoms with van der Waals surface area (Å²) < 4.78 is 31.5. The lowest BCUT2D eigenvalue weighted by Gasteiger charge is -2.36. The van der Waals surface area contributed by atoms with Crippen molar-refractivity contribution in [1.29, 1.82) is 0 Å². The number of ether oxygens (including phenoxy) is 1. The van der Waals surface area contributed by atoms with Gasteiger partial charge in [-0.2, -0.15) is 0 Å². The summed E-state index contributed by atoms with van der Waals surface area (Å²) in [5, 5.41) is 2.28. The molecule has 6 nitrogen and oxygen atoms in total. The summed E-state index contributed by atoms with van der Waals surface area (Å²) in [5.41, 5.74) is 0.449. The molecule has 3 rings (SSSR count). The first-order chi connectivity index (χ1) is 12.4. The monoisotopic (exact) mass is 361 g/mol. The first kappa shape index (κ1) is 17.8. The Bertz CT molecular complexity index is 807. The molecular weight excluding hydrogens is 344 g/mol. The molecule has 1 saturated heterocycles. The van der Waals surface area contributed by atoms with Gasteiger partial charge in [0, 0.05) is 13.2 Å². The zero-order valence-electron chi connectivity index (χ0n) is 14.1. The van der Waals surface area contributed by atoms with E-state index in [2.05, 4.69) is 10.3 Å². The number of urea groups is 1. The van der Waals surface area contributed by atoms with Crippen LogP contribution in [-0.4, -0.2) is 28.9 Å². The second kappa shape index (κ2) is 7.07. The third-order valence-corrected chi connectivity index (χ3v) is 4.33. The van der Waals surface area contributed by atoms with Crippen LogP contribution in [0.3, 0.4) is 0 Å². The van der Waals surface area contributed by atoms with Gasteiger partial charge >= 0.3 is 6.03 Å². The van der Waals surface area contributed by atoms with E-state index in [1.807, 2.05) is 0 Å². The number of alkyl halides is 2. The van der Waals surface area contributed by atoms with E-state index in [0.29, 0.717) is 5.75 Å². The minimum atomic E-state index is -2.70. The minimum absolute atomic E-state index is 0.159. The van der Waals surface area contributed by atoms with Crippen LogP contribution in [0.1, 0.15) is 30.5 Å². The van der Waals surface area contributed by atoms with Crippen LogP contribution in [0.15, 0.2) is 42.6 Å². The maximum absolute atomic E-state index is 13.0. The second-order valence-corrected chi connectivity index (χ2v) is 6.01. The Labute approximate surface area is 148 Å². The molecule has 2 heterocycles. The fourth-order valence-corrected chi connectivity index (χ4v) is 2.92. The number of imide groups is 1. The van der Waals surface area contributed by atoms with Crippen LogP contribution in [0.4, 0.5) is 13.6 Å². The molecule has 3 amide bonds. The first-order valence-corrected chi connectivity index (χ1v) is 7.97. The Kier molecular flexibility index (Phi) is 4.83. The number of pyridine rings is 1. The molecule has 8 heteroatoms. The number of aromatic nitrogens is 1. The Morgan fingerprint density at radius 3 is 2.54 bits per heavy atom. The Morgan fingerprint density at radius 2 is 1.88 bits per heavy atom. The number of carbonyl (C=O) groups excluding carboxylic acids is 2. The number of nitrogens with one attached hydrogen (secondary N) is 1. The highest BCUT2D eigenvalue weighted by Crippen LogP contribution is 2.34. The molecule has 2 unspecified atom stereocenters. The molecule has 26 heavy (non-hydrogen) atoms. The topological polar surface area (TPSA) is 71.5 Å². The molecule has 0 aliphatic carbocycles. The van der Waals surface area contributed by atoms with Gasteiger partial charge in [0.05, 0.1) is 17.5 Å². The molecule has 2 atom stereocenters. The molecule has 1 aliphatic rings. The Balaban J connectivity index is 1.83. The van der Waals surface area contributed by atoms with Gasteiger partial charge < -0.3 is 9.64 Å². The van der Waals surface area contributed by atoms with Gasteiger partial charge in [0.2, 0.25) is 11.8 Å². The molecule has 0 bridgehead atoms. The van der Waals surface area contributed by atoms with Crippen LogP contribution < -0.4 is 10.1 Å². The van der Waals surface area contributed by atoms with Crippen LogP contribution in [0.2, 0.25) is 0 Å². The van der Waals surface area contributed by atoms with Gasteiger partial charge in [-0.25, -0.2) is 18.6 Å². The van der Waals surface area contributed by atoms with Crippen LogP contribution in [0.5, 0.6) is 11.6 Å². The molecule has 1 aromatic heterocycles. The third-order valence-electron chi connectivity index (χ3n) is 4.33. The predicted octanol–water partition coefficient (Wildman–Crippen LogP) is 3.67. The van der Waals surface area contributed by atoms with Crippen LogP contribution >= 0.6 is 0 Å². The third kappa shape index (κ3) is 3.35. The van der Waals surface area contributed by atoms with Crippen molar-refractivity contribution in [3.8, 4) is 11.6 Å². The maximum Gasteiger partial charge on any atom is 0.324 e. The van der Waals surface area contributed by atoms with E-state index in [4.69, 9.17) is 4.74 Å². The molecular formula is C18H17F2N3O3. The molecule has 0 radical (unpaired) electrons.